The number of amides is 1. The largest absolute Gasteiger partial charge is 0.435 e. The summed E-state index contributed by atoms with van der Waals surface area (Å²) in [6.45, 7) is -0.226. The van der Waals surface area contributed by atoms with E-state index in [0.717, 1.165) is 24.5 Å². The SMILES string of the molecule is O=C(Cn1nc(C(F)(F)F)cc1C1CC1)NC1CC(c2ccccc2)NN1. The van der Waals surface area contributed by atoms with Crippen molar-refractivity contribution < 1.29 is 18.0 Å². The van der Waals surface area contributed by atoms with Crippen molar-refractivity contribution in [2.45, 2.75) is 50.1 Å². The molecule has 0 bridgehead atoms. The molecule has 0 spiro atoms. The van der Waals surface area contributed by atoms with Crippen molar-refractivity contribution in [2.24, 2.45) is 0 Å². The van der Waals surface area contributed by atoms with E-state index in [4.69, 9.17) is 0 Å². The molecule has 6 nitrogen and oxygen atoms in total. The number of benzene rings is 1. The van der Waals surface area contributed by atoms with E-state index in [2.05, 4.69) is 21.3 Å². The van der Waals surface area contributed by atoms with Crippen molar-refractivity contribution >= 4 is 5.91 Å². The number of hydrogen-bond donors (Lipinski definition) is 3. The summed E-state index contributed by atoms with van der Waals surface area (Å²) in [5.41, 5.74) is 6.77. The molecule has 2 atom stereocenters. The maximum atomic E-state index is 12.9. The van der Waals surface area contributed by atoms with Crippen LogP contribution in [0.2, 0.25) is 0 Å². The van der Waals surface area contributed by atoms with Crippen molar-refractivity contribution in [1.82, 2.24) is 25.9 Å². The lowest BCUT2D eigenvalue weighted by Gasteiger charge is -2.13. The zero-order chi connectivity index (χ0) is 19.0. The van der Waals surface area contributed by atoms with Gasteiger partial charge >= 0.3 is 6.18 Å². The Morgan fingerprint density at radius 1 is 1.22 bits per heavy atom. The Balaban J connectivity index is 1.38. The van der Waals surface area contributed by atoms with E-state index in [1.54, 1.807) is 0 Å². The number of nitrogens with one attached hydrogen (secondary N) is 3. The molecule has 1 saturated heterocycles. The van der Waals surface area contributed by atoms with Crippen LogP contribution in [0.15, 0.2) is 36.4 Å². The maximum absolute atomic E-state index is 12.9. The normalized spacial score (nSPS) is 22.8. The highest BCUT2D eigenvalue weighted by molar-refractivity contribution is 5.76. The molecule has 4 rings (SSSR count). The fourth-order valence-corrected chi connectivity index (χ4v) is 3.33. The number of halogens is 3. The van der Waals surface area contributed by atoms with E-state index >= 15 is 0 Å². The third kappa shape index (κ3) is 4.14. The fourth-order valence-electron chi connectivity index (χ4n) is 3.33. The molecule has 2 heterocycles. The first-order valence-electron chi connectivity index (χ1n) is 8.90. The summed E-state index contributed by atoms with van der Waals surface area (Å²) in [5, 5.41) is 6.42. The lowest BCUT2D eigenvalue weighted by atomic mass is 10.0. The molecule has 1 saturated carbocycles. The Kier molecular flexibility index (Phi) is 4.65. The highest BCUT2D eigenvalue weighted by Gasteiger charge is 2.38. The molecule has 2 aliphatic rings. The molecule has 27 heavy (non-hydrogen) atoms. The van der Waals surface area contributed by atoms with Gasteiger partial charge in [0.1, 0.15) is 6.54 Å². The summed E-state index contributed by atoms with van der Waals surface area (Å²) in [7, 11) is 0. The number of hydrogen-bond acceptors (Lipinski definition) is 4. The molecule has 2 fully saturated rings. The lowest BCUT2D eigenvalue weighted by molar-refractivity contribution is -0.141. The van der Waals surface area contributed by atoms with Crippen LogP contribution in [-0.2, 0) is 17.5 Å². The van der Waals surface area contributed by atoms with Crippen LogP contribution in [0.25, 0.3) is 0 Å². The van der Waals surface area contributed by atoms with Crippen molar-refractivity contribution in [3.63, 3.8) is 0 Å². The third-order valence-corrected chi connectivity index (χ3v) is 4.83. The number of alkyl halides is 3. The monoisotopic (exact) mass is 379 g/mol. The highest BCUT2D eigenvalue weighted by Crippen LogP contribution is 2.42. The molecule has 2 unspecified atom stereocenters. The van der Waals surface area contributed by atoms with E-state index in [1.165, 1.54) is 4.68 Å². The van der Waals surface area contributed by atoms with Crippen LogP contribution in [0.4, 0.5) is 13.2 Å². The van der Waals surface area contributed by atoms with Crippen LogP contribution in [0.3, 0.4) is 0 Å². The van der Waals surface area contributed by atoms with Gasteiger partial charge in [0.15, 0.2) is 5.69 Å². The van der Waals surface area contributed by atoms with Crippen molar-refractivity contribution in [1.29, 1.82) is 0 Å². The zero-order valence-corrected chi connectivity index (χ0v) is 14.5. The molecule has 0 radical (unpaired) electrons. The minimum absolute atomic E-state index is 0.0556. The predicted octanol–water partition coefficient (Wildman–Crippen LogP) is 2.46. The summed E-state index contributed by atoms with van der Waals surface area (Å²) < 4.78 is 40.0. The van der Waals surface area contributed by atoms with Crippen LogP contribution < -0.4 is 16.2 Å². The van der Waals surface area contributed by atoms with Crippen LogP contribution in [0.5, 0.6) is 0 Å². The standard InChI is InChI=1S/C18H20F3N5O/c19-18(20,21)15-9-14(12-6-7-12)26(25-15)10-17(27)22-16-8-13(23-24-16)11-4-2-1-3-5-11/h1-5,9,12-13,16,23-24H,6-8,10H2,(H,22,27). The van der Waals surface area contributed by atoms with Gasteiger partial charge in [-0.3, -0.25) is 9.48 Å². The highest BCUT2D eigenvalue weighted by atomic mass is 19.4. The minimum atomic E-state index is -4.51. The molecule has 3 N–H and O–H groups in total. The topological polar surface area (TPSA) is 71.0 Å². The van der Waals surface area contributed by atoms with Gasteiger partial charge in [0.05, 0.1) is 6.17 Å². The smallest absolute Gasteiger partial charge is 0.338 e. The van der Waals surface area contributed by atoms with Crippen molar-refractivity contribution in [3.05, 3.63) is 53.3 Å². The zero-order valence-electron chi connectivity index (χ0n) is 14.5. The first-order chi connectivity index (χ1) is 12.9. The van der Waals surface area contributed by atoms with E-state index in [0.29, 0.717) is 12.1 Å². The lowest BCUT2D eigenvalue weighted by Crippen LogP contribution is -2.45. The van der Waals surface area contributed by atoms with Gasteiger partial charge in [-0.1, -0.05) is 30.3 Å². The molecule has 1 aromatic carbocycles. The molecular weight excluding hydrogens is 359 g/mol. The summed E-state index contributed by atoms with van der Waals surface area (Å²) in [6, 6.07) is 10.9. The molecule has 144 valence electrons. The van der Waals surface area contributed by atoms with Gasteiger partial charge in [-0.05, 0) is 24.5 Å². The van der Waals surface area contributed by atoms with Gasteiger partial charge in [0, 0.05) is 24.1 Å². The van der Waals surface area contributed by atoms with Gasteiger partial charge in [-0.25, -0.2) is 10.9 Å². The first kappa shape index (κ1) is 18.0. The van der Waals surface area contributed by atoms with E-state index in [9.17, 15) is 18.0 Å². The molecule has 1 aliphatic heterocycles. The van der Waals surface area contributed by atoms with Crippen LogP contribution in [-0.4, -0.2) is 21.9 Å². The van der Waals surface area contributed by atoms with Gasteiger partial charge in [-0.15, -0.1) is 0 Å². The molecule has 2 aromatic rings. The first-order valence-corrected chi connectivity index (χ1v) is 8.90. The Hall–Kier alpha value is -2.39. The Labute approximate surface area is 154 Å². The van der Waals surface area contributed by atoms with E-state index in [1.807, 2.05) is 30.3 Å². The van der Waals surface area contributed by atoms with Crippen LogP contribution in [0, 0.1) is 0 Å². The molecule has 9 heteroatoms. The number of carbonyl (C=O) groups excluding carboxylic acids is 1. The van der Waals surface area contributed by atoms with Crippen LogP contribution in [0.1, 0.15) is 48.2 Å². The summed E-state index contributed by atoms with van der Waals surface area (Å²) >= 11 is 0. The number of nitrogens with zero attached hydrogens (tertiary/aromatic N) is 2. The van der Waals surface area contributed by atoms with Gasteiger partial charge < -0.3 is 5.32 Å². The fraction of sp³-hybridized carbons (Fsp3) is 0.444. The minimum Gasteiger partial charge on any atom is -0.338 e. The van der Waals surface area contributed by atoms with Crippen molar-refractivity contribution in [3.8, 4) is 0 Å². The quantitative estimate of drug-likeness (QED) is 0.746. The third-order valence-electron chi connectivity index (χ3n) is 4.83. The van der Waals surface area contributed by atoms with Gasteiger partial charge in [0.2, 0.25) is 5.91 Å². The average molecular weight is 379 g/mol. The summed E-state index contributed by atoms with van der Waals surface area (Å²) in [4.78, 5) is 12.3. The van der Waals surface area contributed by atoms with Crippen LogP contribution >= 0.6 is 0 Å². The van der Waals surface area contributed by atoms with Gasteiger partial charge in [-0.2, -0.15) is 18.3 Å². The second kappa shape index (κ2) is 6.97. The average Bonchev–Trinajstić information content (AvgIpc) is 3.20. The number of hydrazine groups is 1. The Morgan fingerprint density at radius 3 is 2.63 bits per heavy atom. The van der Waals surface area contributed by atoms with E-state index < -0.39 is 11.9 Å². The Morgan fingerprint density at radius 2 is 1.96 bits per heavy atom. The van der Waals surface area contributed by atoms with E-state index in [-0.39, 0.29) is 30.6 Å². The Bertz CT molecular complexity index is 816. The number of rotatable bonds is 5. The molecule has 1 aromatic heterocycles. The second-order valence-electron chi connectivity index (χ2n) is 6.99. The van der Waals surface area contributed by atoms with Gasteiger partial charge in [0.25, 0.3) is 0 Å². The number of carbonyl (C=O) groups is 1. The molecule has 1 aliphatic carbocycles. The summed E-state index contributed by atoms with van der Waals surface area (Å²) in [5.74, 6) is -0.308. The predicted molar refractivity (Wildman–Crippen MR) is 91.2 cm³/mol. The van der Waals surface area contributed by atoms with Crippen molar-refractivity contribution in [2.75, 3.05) is 0 Å². The second-order valence-corrected chi connectivity index (χ2v) is 6.99. The summed E-state index contributed by atoms with van der Waals surface area (Å²) in [6.07, 6.45) is -2.51. The maximum Gasteiger partial charge on any atom is 0.435 e. The molecule has 1 amide bonds. The molecular formula is C18H20F3N5O. The number of aromatic nitrogens is 2.